The van der Waals surface area contributed by atoms with Crippen LogP contribution >= 0.6 is 0 Å². The van der Waals surface area contributed by atoms with Gasteiger partial charge in [0.2, 0.25) is 10.0 Å². The van der Waals surface area contributed by atoms with Crippen molar-refractivity contribution in [2.45, 2.75) is 42.7 Å². The van der Waals surface area contributed by atoms with Crippen molar-refractivity contribution in [3.8, 4) is 0 Å². The molecule has 1 aliphatic carbocycles. The van der Waals surface area contributed by atoms with Crippen LogP contribution in [0.5, 0.6) is 0 Å². The second-order valence-electron chi connectivity index (χ2n) is 7.80. The molecule has 1 unspecified atom stereocenters. The summed E-state index contributed by atoms with van der Waals surface area (Å²) in [7, 11) is -3.50. The van der Waals surface area contributed by atoms with Crippen LogP contribution in [-0.4, -0.2) is 44.9 Å². The Bertz CT molecular complexity index is 935. The molecular formula is C22H27N3O3S. The SMILES string of the molecule is O=C(NCC(c1ccccc1)N1CCCC1)c1ccc(S(=O)(=O)NC2CC2)cc1. The molecule has 1 saturated carbocycles. The van der Waals surface area contributed by atoms with Gasteiger partial charge in [-0.2, -0.15) is 0 Å². The number of carbonyl (C=O) groups excluding carboxylic acids is 1. The van der Waals surface area contributed by atoms with Crippen molar-refractivity contribution in [1.82, 2.24) is 14.9 Å². The van der Waals surface area contributed by atoms with Gasteiger partial charge in [0, 0.05) is 18.2 Å². The summed E-state index contributed by atoms with van der Waals surface area (Å²) in [5.74, 6) is -0.191. The molecule has 1 amide bonds. The van der Waals surface area contributed by atoms with Gasteiger partial charge in [-0.25, -0.2) is 13.1 Å². The molecule has 1 aliphatic heterocycles. The van der Waals surface area contributed by atoms with E-state index in [2.05, 4.69) is 27.1 Å². The molecule has 0 spiro atoms. The molecule has 2 aliphatic rings. The summed E-state index contributed by atoms with van der Waals surface area (Å²) in [6.45, 7) is 2.60. The summed E-state index contributed by atoms with van der Waals surface area (Å²) in [5, 5.41) is 3.03. The normalized spacial score (nSPS) is 18.5. The summed E-state index contributed by atoms with van der Waals surface area (Å²) in [4.78, 5) is 15.3. The average Bonchev–Trinajstić information content (AvgIpc) is 3.37. The number of nitrogens with one attached hydrogen (secondary N) is 2. The number of nitrogens with zero attached hydrogens (tertiary/aromatic N) is 1. The van der Waals surface area contributed by atoms with Crippen LogP contribution in [0, 0.1) is 0 Å². The topological polar surface area (TPSA) is 78.5 Å². The highest BCUT2D eigenvalue weighted by Crippen LogP contribution is 2.25. The molecule has 0 radical (unpaired) electrons. The van der Waals surface area contributed by atoms with Crippen LogP contribution in [-0.2, 0) is 10.0 Å². The number of amides is 1. The lowest BCUT2D eigenvalue weighted by Crippen LogP contribution is -2.36. The fourth-order valence-corrected chi connectivity index (χ4v) is 5.06. The molecule has 7 heteroatoms. The molecule has 2 fully saturated rings. The zero-order chi connectivity index (χ0) is 20.3. The number of sulfonamides is 1. The van der Waals surface area contributed by atoms with E-state index in [0.717, 1.165) is 25.9 Å². The monoisotopic (exact) mass is 413 g/mol. The fraction of sp³-hybridized carbons (Fsp3) is 0.409. The second-order valence-corrected chi connectivity index (χ2v) is 9.51. The molecule has 1 saturated heterocycles. The average molecular weight is 414 g/mol. The summed E-state index contributed by atoms with van der Waals surface area (Å²) in [5.41, 5.74) is 1.66. The first-order chi connectivity index (χ1) is 14.0. The minimum absolute atomic E-state index is 0.0588. The Hall–Kier alpha value is -2.22. The third-order valence-electron chi connectivity index (χ3n) is 5.55. The Morgan fingerprint density at radius 1 is 1.00 bits per heavy atom. The van der Waals surface area contributed by atoms with Crippen molar-refractivity contribution in [3.63, 3.8) is 0 Å². The van der Waals surface area contributed by atoms with Crippen LogP contribution in [0.1, 0.15) is 47.6 Å². The molecule has 0 aromatic heterocycles. The van der Waals surface area contributed by atoms with Gasteiger partial charge in [-0.1, -0.05) is 30.3 Å². The zero-order valence-corrected chi connectivity index (χ0v) is 17.2. The van der Waals surface area contributed by atoms with E-state index >= 15 is 0 Å². The largest absolute Gasteiger partial charge is 0.350 e. The van der Waals surface area contributed by atoms with Gasteiger partial charge in [0.15, 0.2) is 0 Å². The van der Waals surface area contributed by atoms with E-state index in [0.29, 0.717) is 12.1 Å². The van der Waals surface area contributed by atoms with E-state index < -0.39 is 10.0 Å². The first-order valence-electron chi connectivity index (χ1n) is 10.2. The standard InChI is InChI=1S/C22H27N3O3S/c26-22(18-8-12-20(13-9-18)29(27,28)24-19-10-11-19)23-16-21(25-14-4-5-15-25)17-6-2-1-3-7-17/h1-3,6-9,12-13,19,21,24H,4-5,10-11,14-16H2,(H,23,26). The predicted molar refractivity (Wildman–Crippen MR) is 112 cm³/mol. The van der Waals surface area contributed by atoms with Gasteiger partial charge in [-0.15, -0.1) is 0 Å². The van der Waals surface area contributed by atoms with Gasteiger partial charge in [-0.3, -0.25) is 9.69 Å². The summed E-state index contributed by atoms with van der Waals surface area (Å²) in [6, 6.07) is 16.6. The second kappa shape index (κ2) is 8.65. The van der Waals surface area contributed by atoms with Crippen molar-refractivity contribution in [3.05, 3.63) is 65.7 Å². The fourth-order valence-electron chi connectivity index (χ4n) is 3.75. The first-order valence-corrected chi connectivity index (χ1v) is 11.7. The van der Waals surface area contributed by atoms with Crippen LogP contribution in [0.3, 0.4) is 0 Å². The number of hydrogen-bond acceptors (Lipinski definition) is 4. The molecule has 1 atom stereocenters. The number of hydrogen-bond donors (Lipinski definition) is 2. The van der Waals surface area contributed by atoms with Gasteiger partial charge in [0.1, 0.15) is 0 Å². The highest BCUT2D eigenvalue weighted by molar-refractivity contribution is 7.89. The van der Waals surface area contributed by atoms with Crippen LogP contribution in [0.15, 0.2) is 59.5 Å². The zero-order valence-electron chi connectivity index (χ0n) is 16.4. The van der Waals surface area contributed by atoms with Crippen LogP contribution in [0.4, 0.5) is 0 Å². The number of rotatable bonds is 8. The molecule has 29 heavy (non-hydrogen) atoms. The third kappa shape index (κ3) is 5.04. The van der Waals surface area contributed by atoms with Crippen molar-refractivity contribution < 1.29 is 13.2 Å². The van der Waals surface area contributed by atoms with E-state index in [1.54, 1.807) is 12.1 Å². The Kier molecular flexibility index (Phi) is 5.99. The van der Waals surface area contributed by atoms with E-state index in [1.165, 1.54) is 30.5 Å². The Balaban J connectivity index is 1.41. The lowest BCUT2D eigenvalue weighted by atomic mass is 10.1. The van der Waals surface area contributed by atoms with Crippen LogP contribution in [0.25, 0.3) is 0 Å². The number of benzene rings is 2. The maximum absolute atomic E-state index is 12.6. The number of likely N-dealkylation sites (tertiary alicyclic amines) is 1. The van der Waals surface area contributed by atoms with E-state index in [1.807, 2.05) is 18.2 Å². The first kappa shape index (κ1) is 20.1. The maximum atomic E-state index is 12.6. The smallest absolute Gasteiger partial charge is 0.251 e. The Labute approximate surface area is 172 Å². The minimum Gasteiger partial charge on any atom is -0.350 e. The predicted octanol–water partition coefficient (Wildman–Crippen LogP) is 2.69. The summed E-state index contributed by atoms with van der Waals surface area (Å²) >= 11 is 0. The highest BCUT2D eigenvalue weighted by atomic mass is 32.2. The Morgan fingerprint density at radius 3 is 2.28 bits per heavy atom. The van der Waals surface area contributed by atoms with Crippen molar-refractivity contribution in [1.29, 1.82) is 0 Å². The van der Waals surface area contributed by atoms with Crippen LogP contribution in [0.2, 0.25) is 0 Å². The molecule has 2 aromatic carbocycles. The van der Waals surface area contributed by atoms with Crippen molar-refractivity contribution >= 4 is 15.9 Å². The van der Waals surface area contributed by atoms with Gasteiger partial charge in [0.25, 0.3) is 5.91 Å². The molecular weight excluding hydrogens is 386 g/mol. The molecule has 154 valence electrons. The lowest BCUT2D eigenvalue weighted by Gasteiger charge is -2.28. The highest BCUT2D eigenvalue weighted by Gasteiger charge is 2.28. The summed E-state index contributed by atoms with van der Waals surface area (Å²) < 4.78 is 27.2. The van der Waals surface area contributed by atoms with Gasteiger partial charge < -0.3 is 5.32 Å². The Morgan fingerprint density at radius 2 is 1.66 bits per heavy atom. The minimum atomic E-state index is -3.50. The van der Waals surface area contributed by atoms with Gasteiger partial charge >= 0.3 is 0 Å². The molecule has 1 heterocycles. The van der Waals surface area contributed by atoms with E-state index in [9.17, 15) is 13.2 Å². The van der Waals surface area contributed by atoms with E-state index in [4.69, 9.17) is 0 Å². The maximum Gasteiger partial charge on any atom is 0.251 e. The lowest BCUT2D eigenvalue weighted by molar-refractivity contribution is 0.0938. The number of carbonyl (C=O) groups is 1. The van der Waals surface area contributed by atoms with Crippen molar-refractivity contribution in [2.24, 2.45) is 0 Å². The molecule has 2 aromatic rings. The molecule has 4 rings (SSSR count). The molecule has 6 nitrogen and oxygen atoms in total. The van der Waals surface area contributed by atoms with E-state index in [-0.39, 0.29) is 22.9 Å². The van der Waals surface area contributed by atoms with Gasteiger partial charge in [-0.05, 0) is 68.6 Å². The van der Waals surface area contributed by atoms with Crippen LogP contribution < -0.4 is 10.0 Å². The van der Waals surface area contributed by atoms with Gasteiger partial charge in [0.05, 0.1) is 10.9 Å². The van der Waals surface area contributed by atoms with Crippen molar-refractivity contribution in [2.75, 3.05) is 19.6 Å². The molecule has 2 N–H and O–H groups in total. The quantitative estimate of drug-likeness (QED) is 0.698. The summed E-state index contributed by atoms with van der Waals surface area (Å²) in [6.07, 6.45) is 4.14. The molecule has 0 bridgehead atoms. The third-order valence-corrected chi connectivity index (χ3v) is 7.08.